The van der Waals surface area contributed by atoms with Gasteiger partial charge in [-0.15, -0.1) is 0 Å². The van der Waals surface area contributed by atoms with E-state index < -0.39 is 12.2 Å². The molecular weight excluding hydrogens is 182 g/mol. The molecule has 0 bridgehead atoms. The van der Waals surface area contributed by atoms with Gasteiger partial charge in [0.2, 0.25) is 0 Å². The second kappa shape index (κ2) is 4.90. The predicted octanol–water partition coefficient (Wildman–Crippen LogP) is -0.593. The highest BCUT2D eigenvalue weighted by Crippen LogP contribution is 2.17. The van der Waals surface area contributed by atoms with Gasteiger partial charge in [0.15, 0.2) is 0 Å². The van der Waals surface area contributed by atoms with Crippen LogP contribution in [-0.2, 0) is 0 Å². The first-order valence-corrected chi connectivity index (χ1v) is 4.43. The van der Waals surface area contributed by atoms with Gasteiger partial charge >= 0.3 is 0 Å². The lowest BCUT2D eigenvalue weighted by atomic mass is 10.1. The van der Waals surface area contributed by atoms with Gasteiger partial charge in [0.05, 0.1) is 11.8 Å². The Morgan fingerprint density at radius 1 is 1.36 bits per heavy atom. The summed E-state index contributed by atoms with van der Waals surface area (Å²) in [5, 5.41) is 19.1. The standard InChI is InChI=1S/C9H15N3O2/c10-5-4-7(13)9(14)6-2-1-3-8(11)12-6/h1-3,7,9,13-14H,4-5,10H2,(H2,11,12). The number of nitrogen functional groups attached to an aromatic ring is 1. The van der Waals surface area contributed by atoms with E-state index in [4.69, 9.17) is 11.5 Å². The van der Waals surface area contributed by atoms with Crippen molar-refractivity contribution in [1.29, 1.82) is 0 Å². The van der Waals surface area contributed by atoms with E-state index in [1.54, 1.807) is 18.2 Å². The van der Waals surface area contributed by atoms with Gasteiger partial charge in [0.1, 0.15) is 11.9 Å². The lowest BCUT2D eigenvalue weighted by molar-refractivity contribution is 0.0126. The summed E-state index contributed by atoms with van der Waals surface area (Å²) >= 11 is 0. The Morgan fingerprint density at radius 3 is 2.64 bits per heavy atom. The van der Waals surface area contributed by atoms with Gasteiger partial charge in [-0.25, -0.2) is 4.98 Å². The molecular formula is C9H15N3O2. The molecule has 1 aromatic rings. The topological polar surface area (TPSA) is 105 Å². The number of rotatable bonds is 4. The summed E-state index contributed by atoms with van der Waals surface area (Å²) in [6.07, 6.45) is -1.59. The highest BCUT2D eigenvalue weighted by Gasteiger charge is 2.18. The highest BCUT2D eigenvalue weighted by molar-refractivity contribution is 5.29. The summed E-state index contributed by atoms with van der Waals surface area (Å²) in [4.78, 5) is 3.90. The molecule has 78 valence electrons. The summed E-state index contributed by atoms with van der Waals surface area (Å²) in [5.74, 6) is 0.321. The van der Waals surface area contributed by atoms with Crippen LogP contribution in [-0.4, -0.2) is 27.8 Å². The lowest BCUT2D eigenvalue weighted by Gasteiger charge is -2.16. The fourth-order valence-electron chi connectivity index (χ4n) is 1.16. The molecule has 1 rings (SSSR count). The van der Waals surface area contributed by atoms with Crippen LogP contribution in [0.15, 0.2) is 18.2 Å². The molecule has 0 saturated heterocycles. The minimum atomic E-state index is -1.03. The summed E-state index contributed by atoms with van der Waals surface area (Å²) in [5.41, 5.74) is 11.1. The number of pyridine rings is 1. The fraction of sp³-hybridized carbons (Fsp3) is 0.444. The third-order valence-electron chi connectivity index (χ3n) is 1.92. The van der Waals surface area contributed by atoms with Gasteiger partial charge in [-0.05, 0) is 25.1 Å². The fourth-order valence-corrected chi connectivity index (χ4v) is 1.16. The Labute approximate surface area is 82.4 Å². The van der Waals surface area contributed by atoms with E-state index in [-0.39, 0.29) is 0 Å². The number of aromatic nitrogens is 1. The van der Waals surface area contributed by atoms with Gasteiger partial charge in [0.25, 0.3) is 0 Å². The van der Waals surface area contributed by atoms with Crippen molar-refractivity contribution in [3.8, 4) is 0 Å². The van der Waals surface area contributed by atoms with Gasteiger partial charge in [-0.3, -0.25) is 0 Å². The molecule has 1 heterocycles. The van der Waals surface area contributed by atoms with Crippen molar-refractivity contribution in [2.24, 2.45) is 5.73 Å². The number of aliphatic hydroxyl groups excluding tert-OH is 2. The average molecular weight is 197 g/mol. The molecule has 5 heteroatoms. The molecule has 2 unspecified atom stereocenters. The van der Waals surface area contributed by atoms with Crippen molar-refractivity contribution in [2.45, 2.75) is 18.6 Å². The van der Waals surface area contributed by atoms with Gasteiger partial charge in [-0.2, -0.15) is 0 Å². The maximum Gasteiger partial charge on any atom is 0.123 e. The third kappa shape index (κ3) is 2.66. The van der Waals surface area contributed by atoms with E-state index in [9.17, 15) is 10.2 Å². The molecule has 0 aliphatic rings. The van der Waals surface area contributed by atoms with Crippen molar-refractivity contribution in [3.05, 3.63) is 23.9 Å². The largest absolute Gasteiger partial charge is 0.390 e. The molecule has 0 fully saturated rings. The van der Waals surface area contributed by atoms with E-state index in [1.807, 2.05) is 0 Å². The summed E-state index contributed by atoms with van der Waals surface area (Å²) in [7, 11) is 0. The number of anilines is 1. The lowest BCUT2D eigenvalue weighted by Crippen LogP contribution is -2.22. The van der Waals surface area contributed by atoms with E-state index in [0.717, 1.165) is 0 Å². The molecule has 0 aromatic carbocycles. The minimum absolute atomic E-state index is 0.320. The molecule has 0 aliphatic carbocycles. The molecule has 0 saturated carbocycles. The van der Waals surface area contributed by atoms with Gasteiger partial charge in [0, 0.05) is 0 Å². The van der Waals surface area contributed by atoms with Crippen molar-refractivity contribution >= 4 is 5.82 Å². The highest BCUT2D eigenvalue weighted by atomic mass is 16.3. The smallest absolute Gasteiger partial charge is 0.123 e. The van der Waals surface area contributed by atoms with Crippen molar-refractivity contribution in [3.63, 3.8) is 0 Å². The summed E-state index contributed by atoms with van der Waals surface area (Å²) < 4.78 is 0. The average Bonchev–Trinajstić information content (AvgIpc) is 2.17. The first-order valence-electron chi connectivity index (χ1n) is 4.43. The van der Waals surface area contributed by atoms with Crippen molar-refractivity contribution in [1.82, 2.24) is 4.98 Å². The molecule has 0 spiro atoms. The van der Waals surface area contributed by atoms with E-state index in [0.29, 0.717) is 24.5 Å². The molecule has 0 radical (unpaired) electrons. The molecule has 0 aliphatic heterocycles. The quantitative estimate of drug-likeness (QED) is 0.516. The monoisotopic (exact) mass is 197 g/mol. The molecule has 0 amide bonds. The number of nitrogens with two attached hydrogens (primary N) is 2. The van der Waals surface area contributed by atoms with Crippen LogP contribution >= 0.6 is 0 Å². The Hall–Kier alpha value is -1.17. The maximum absolute atomic E-state index is 9.62. The van der Waals surface area contributed by atoms with Crippen LogP contribution in [0, 0.1) is 0 Å². The summed E-state index contributed by atoms with van der Waals surface area (Å²) in [6.45, 7) is 0.320. The van der Waals surface area contributed by atoms with Crippen molar-refractivity contribution < 1.29 is 10.2 Å². The van der Waals surface area contributed by atoms with E-state index >= 15 is 0 Å². The Bertz CT molecular complexity index is 293. The van der Waals surface area contributed by atoms with Gasteiger partial charge < -0.3 is 21.7 Å². The number of hydrogen-bond acceptors (Lipinski definition) is 5. The predicted molar refractivity (Wildman–Crippen MR) is 53.3 cm³/mol. The molecule has 5 nitrogen and oxygen atoms in total. The van der Waals surface area contributed by atoms with E-state index in [2.05, 4.69) is 4.98 Å². The second-order valence-electron chi connectivity index (χ2n) is 3.08. The molecule has 1 aromatic heterocycles. The SMILES string of the molecule is NCCC(O)C(O)c1cccc(N)n1. The van der Waals surface area contributed by atoms with Crippen LogP contribution in [0.3, 0.4) is 0 Å². The van der Waals surface area contributed by atoms with Crippen molar-refractivity contribution in [2.75, 3.05) is 12.3 Å². The van der Waals surface area contributed by atoms with Gasteiger partial charge in [-0.1, -0.05) is 6.07 Å². The Morgan fingerprint density at radius 2 is 2.07 bits per heavy atom. The first kappa shape index (κ1) is 10.9. The Kier molecular flexibility index (Phi) is 3.82. The zero-order valence-corrected chi connectivity index (χ0v) is 7.80. The van der Waals surface area contributed by atoms with Crippen LogP contribution in [0.5, 0.6) is 0 Å². The molecule has 2 atom stereocenters. The first-order chi connectivity index (χ1) is 6.65. The van der Waals surface area contributed by atoms with Crippen LogP contribution < -0.4 is 11.5 Å². The van der Waals surface area contributed by atoms with Crippen LogP contribution in [0.1, 0.15) is 18.2 Å². The zero-order valence-electron chi connectivity index (χ0n) is 7.80. The summed E-state index contributed by atoms with van der Waals surface area (Å²) in [6, 6.07) is 4.91. The minimum Gasteiger partial charge on any atom is -0.390 e. The third-order valence-corrected chi connectivity index (χ3v) is 1.92. The normalized spacial score (nSPS) is 15.1. The second-order valence-corrected chi connectivity index (χ2v) is 3.08. The van der Waals surface area contributed by atoms with Crippen LogP contribution in [0.2, 0.25) is 0 Å². The number of hydrogen-bond donors (Lipinski definition) is 4. The van der Waals surface area contributed by atoms with Crippen LogP contribution in [0.4, 0.5) is 5.82 Å². The zero-order chi connectivity index (χ0) is 10.6. The van der Waals surface area contributed by atoms with E-state index in [1.165, 1.54) is 0 Å². The number of aliphatic hydroxyl groups is 2. The molecule has 6 N–H and O–H groups in total. The number of nitrogens with zero attached hydrogens (tertiary/aromatic N) is 1. The maximum atomic E-state index is 9.62. The molecule has 14 heavy (non-hydrogen) atoms. The van der Waals surface area contributed by atoms with Crippen LogP contribution in [0.25, 0.3) is 0 Å². The Balaban J connectivity index is 2.73.